The number of para-hydroxylation sites is 1. The molecule has 5 aliphatic rings. The molecule has 0 spiro atoms. The van der Waals surface area contributed by atoms with Gasteiger partial charge in [-0.15, -0.1) is 0 Å². The van der Waals surface area contributed by atoms with E-state index in [2.05, 4.69) is 17.5 Å². The van der Waals surface area contributed by atoms with Crippen molar-refractivity contribution in [1.29, 1.82) is 0 Å². The normalized spacial score (nSPS) is 31.9. The zero-order valence-electron chi connectivity index (χ0n) is 16.8. The van der Waals surface area contributed by atoms with Crippen LogP contribution in [0.4, 0.5) is 5.69 Å². The van der Waals surface area contributed by atoms with Crippen LogP contribution < -0.4 is 10.1 Å². The van der Waals surface area contributed by atoms with E-state index in [1.54, 1.807) is 24.3 Å². The van der Waals surface area contributed by atoms with Crippen LogP contribution in [-0.2, 0) is 14.4 Å². The summed E-state index contributed by atoms with van der Waals surface area (Å²) in [6.07, 6.45) is 5.39. The summed E-state index contributed by atoms with van der Waals surface area (Å²) in [5.74, 6) is 1.56. The van der Waals surface area contributed by atoms with Crippen molar-refractivity contribution in [2.45, 2.75) is 6.42 Å². The van der Waals surface area contributed by atoms with Crippen molar-refractivity contribution in [2.75, 3.05) is 11.9 Å². The SMILES string of the molecule is O=C(CN1C(=O)[C@@H]2[C@@H]3C=C[C@H]([C@@H]4C[C@H]34)[C@@H]2C1=O)Nc1ccc(Oc2ccccc2)cc1. The van der Waals surface area contributed by atoms with Gasteiger partial charge in [0.05, 0.1) is 11.8 Å². The van der Waals surface area contributed by atoms with Gasteiger partial charge in [-0.05, 0) is 66.5 Å². The first-order chi connectivity index (χ1) is 15.1. The van der Waals surface area contributed by atoms with Gasteiger partial charge in [-0.3, -0.25) is 19.3 Å². The van der Waals surface area contributed by atoms with E-state index in [4.69, 9.17) is 4.74 Å². The van der Waals surface area contributed by atoms with Gasteiger partial charge in [-0.25, -0.2) is 0 Å². The van der Waals surface area contributed by atoms with Crippen LogP contribution >= 0.6 is 0 Å². The molecule has 3 amide bonds. The number of hydrogen-bond donors (Lipinski definition) is 1. The van der Waals surface area contributed by atoms with E-state index in [9.17, 15) is 14.4 Å². The summed E-state index contributed by atoms with van der Waals surface area (Å²) >= 11 is 0. The highest BCUT2D eigenvalue weighted by Crippen LogP contribution is 2.65. The number of nitrogens with one attached hydrogen (secondary N) is 1. The van der Waals surface area contributed by atoms with Crippen LogP contribution in [0, 0.1) is 35.5 Å². The predicted octanol–water partition coefficient (Wildman–Crippen LogP) is 3.47. The Morgan fingerprint density at radius 2 is 1.45 bits per heavy atom. The van der Waals surface area contributed by atoms with E-state index < -0.39 is 0 Å². The summed E-state index contributed by atoms with van der Waals surface area (Å²) in [5, 5.41) is 2.78. The number of rotatable bonds is 5. The third-order valence-corrected chi connectivity index (χ3v) is 7.17. The van der Waals surface area contributed by atoms with Gasteiger partial charge >= 0.3 is 0 Å². The lowest BCUT2D eigenvalue weighted by Gasteiger charge is -2.37. The molecule has 1 N–H and O–H groups in total. The Bertz CT molecular complexity index is 1060. The number of likely N-dealkylation sites (tertiary alicyclic amines) is 1. The minimum Gasteiger partial charge on any atom is -0.457 e. The molecule has 2 aromatic carbocycles. The van der Waals surface area contributed by atoms with Crippen molar-refractivity contribution in [3.05, 3.63) is 66.7 Å². The first-order valence-electron chi connectivity index (χ1n) is 10.8. The number of nitrogens with zero attached hydrogens (tertiary/aromatic N) is 1. The van der Waals surface area contributed by atoms with Crippen LogP contribution in [0.5, 0.6) is 11.5 Å². The third-order valence-electron chi connectivity index (χ3n) is 7.17. The van der Waals surface area contributed by atoms with Crippen LogP contribution in [0.2, 0.25) is 0 Å². The number of benzene rings is 2. The van der Waals surface area contributed by atoms with Gasteiger partial charge in [0, 0.05) is 5.69 Å². The molecule has 156 valence electrons. The minimum absolute atomic E-state index is 0.168. The lowest BCUT2D eigenvalue weighted by Crippen LogP contribution is -2.40. The monoisotopic (exact) mass is 414 g/mol. The maximum atomic E-state index is 13.0. The molecule has 0 aromatic heterocycles. The highest BCUT2D eigenvalue weighted by atomic mass is 16.5. The summed E-state index contributed by atoms with van der Waals surface area (Å²) in [6, 6.07) is 16.4. The van der Waals surface area contributed by atoms with Crippen molar-refractivity contribution >= 4 is 23.4 Å². The average Bonchev–Trinajstić information content (AvgIpc) is 3.57. The number of carbonyl (C=O) groups excluding carboxylic acids is 3. The van der Waals surface area contributed by atoms with Crippen LogP contribution in [0.25, 0.3) is 0 Å². The summed E-state index contributed by atoms with van der Waals surface area (Å²) in [6.45, 7) is -0.234. The molecule has 0 radical (unpaired) electrons. The highest BCUT2D eigenvalue weighted by Gasteiger charge is 2.67. The molecule has 2 saturated carbocycles. The molecule has 1 saturated heterocycles. The van der Waals surface area contributed by atoms with E-state index in [1.165, 1.54) is 4.90 Å². The Hall–Kier alpha value is -3.41. The molecule has 0 unspecified atom stereocenters. The van der Waals surface area contributed by atoms with E-state index in [-0.39, 0.29) is 47.9 Å². The number of ether oxygens (including phenoxy) is 1. The van der Waals surface area contributed by atoms with E-state index >= 15 is 0 Å². The fourth-order valence-electron chi connectivity index (χ4n) is 5.75. The number of carbonyl (C=O) groups is 3. The highest BCUT2D eigenvalue weighted by molar-refractivity contribution is 6.09. The quantitative estimate of drug-likeness (QED) is 0.601. The maximum Gasteiger partial charge on any atom is 0.244 e. The molecule has 2 aromatic rings. The molecule has 1 aliphatic heterocycles. The van der Waals surface area contributed by atoms with E-state index in [0.717, 1.165) is 12.2 Å². The zero-order valence-corrected chi connectivity index (χ0v) is 16.8. The number of anilines is 1. The summed E-state index contributed by atoms with van der Waals surface area (Å²) in [4.78, 5) is 39.7. The Kier molecular flexibility index (Phi) is 4.03. The van der Waals surface area contributed by atoms with E-state index in [0.29, 0.717) is 23.3 Å². The summed E-state index contributed by atoms with van der Waals surface area (Å²) < 4.78 is 5.75. The molecule has 1 heterocycles. The largest absolute Gasteiger partial charge is 0.457 e. The number of imide groups is 1. The number of hydrogen-bond acceptors (Lipinski definition) is 4. The van der Waals surface area contributed by atoms with Crippen molar-refractivity contribution in [3.63, 3.8) is 0 Å². The Balaban J connectivity index is 1.10. The third kappa shape index (κ3) is 2.97. The summed E-state index contributed by atoms with van der Waals surface area (Å²) in [7, 11) is 0. The fraction of sp³-hybridized carbons (Fsp3) is 0.320. The zero-order chi connectivity index (χ0) is 21.1. The Labute approximate surface area is 179 Å². The van der Waals surface area contributed by atoms with Gasteiger partial charge in [-0.2, -0.15) is 0 Å². The van der Waals surface area contributed by atoms with E-state index in [1.807, 2.05) is 30.3 Å². The first kappa shape index (κ1) is 18.4. The summed E-state index contributed by atoms with van der Waals surface area (Å²) in [5.41, 5.74) is 0.588. The topological polar surface area (TPSA) is 75.7 Å². The fourth-order valence-corrected chi connectivity index (χ4v) is 5.75. The van der Waals surface area contributed by atoms with Gasteiger partial charge in [0.15, 0.2) is 0 Å². The lowest BCUT2D eigenvalue weighted by atomic mass is 9.63. The second-order valence-electron chi connectivity index (χ2n) is 8.90. The first-order valence-corrected chi connectivity index (χ1v) is 10.8. The Morgan fingerprint density at radius 1 is 0.871 bits per heavy atom. The van der Waals surface area contributed by atoms with Gasteiger partial charge in [0.25, 0.3) is 0 Å². The van der Waals surface area contributed by atoms with Crippen molar-refractivity contribution < 1.29 is 19.1 Å². The molecular formula is C25H22N2O4. The van der Waals surface area contributed by atoms with Gasteiger partial charge in [0.2, 0.25) is 17.7 Å². The van der Waals surface area contributed by atoms with Gasteiger partial charge in [-0.1, -0.05) is 30.4 Å². The van der Waals surface area contributed by atoms with Crippen LogP contribution in [0.15, 0.2) is 66.7 Å². The molecule has 7 rings (SSSR count). The average molecular weight is 414 g/mol. The molecular weight excluding hydrogens is 392 g/mol. The lowest BCUT2D eigenvalue weighted by molar-refractivity contribution is -0.142. The molecule has 6 atom stereocenters. The smallest absolute Gasteiger partial charge is 0.244 e. The van der Waals surface area contributed by atoms with Crippen LogP contribution in [-0.4, -0.2) is 29.2 Å². The van der Waals surface area contributed by atoms with Gasteiger partial charge in [0.1, 0.15) is 18.0 Å². The van der Waals surface area contributed by atoms with Crippen molar-refractivity contribution in [1.82, 2.24) is 4.90 Å². The minimum atomic E-state index is -0.373. The number of allylic oxidation sites excluding steroid dienone is 2. The second-order valence-corrected chi connectivity index (χ2v) is 8.90. The van der Waals surface area contributed by atoms with Crippen LogP contribution in [0.3, 0.4) is 0 Å². The van der Waals surface area contributed by atoms with Crippen molar-refractivity contribution in [2.24, 2.45) is 35.5 Å². The van der Waals surface area contributed by atoms with Crippen molar-refractivity contribution in [3.8, 4) is 11.5 Å². The Morgan fingerprint density at radius 3 is 2.06 bits per heavy atom. The molecule has 3 fully saturated rings. The molecule has 31 heavy (non-hydrogen) atoms. The number of amides is 3. The predicted molar refractivity (Wildman–Crippen MR) is 113 cm³/mol. The molecule has 2 bridgehead atoms. The van der Waals surface area contributed by atoms with Crippen LogP contribution in [0.1, 0.15) is 6.42 Å². The molecule has 6 heteroatoms. The second kappa shape index (κ2) is 6.80. The molecule has 4 aliphatic carbocycles. The maximum absolute atomic E-state index is 13.0. The van der Waals surface area contributed by atoms with Gasteiger partial charge < -0.3 is 10.1 Å². The standard InChI is InChI=1S/C25H22N2O4/c28-21(26-14-6-8-16(9-7-14)31-15-4-2-1-3-5-15)13-27-24(29)22-17-10-11-18(20-12-19(17)20)23(22)25(27)30/h1-11,17-20,22-23H,12-13H2,(H,26,28)/t17-,18-,19-,20+,22-,23+/m1/s1. The molecule has 6 nitrogen and oxygen atoms in total.